The fraction of sp³-hybridized carbons (Fsp3) is 0. The second-order valence-corrected chi connectivity index (χ2v) is 3.80. The van der Waals surface area contributed by atoms with Gasteiger partial charge < -0.3 is 10.3 Å². The van der Waals surface area contributed by atoms with Crippen LogP contribution >= 0.6 is 23.2 Å². The number of aromatic amines is 1. The Labute approximate surface area is 110 Å². The first kappa shape index (κ1) is 12.5. The van der Waals surface area contributed by atoms with Crippen molar-refractivity contribution in [1.29, 1.82) is 0 Å². The number of nitrogens with one attached hydrogen (secondary N) is 2. The van der Waals surface area contributed by atoms with Crippen molar-refractivity contribution in [3.05, 3.63) is 45.1 Å². The minimum absolute atomic E-state index is 0.00517. The van der Waals surface area contributed by atoms with Gasteiger partial charge in [-0.25, -0.2) is 15.0 Å². The minimum atomic E-state index is -0.593. The average molecular weight is 286 g/mol. The zero-order valence-electron chi connectivity index (χ0n) is 8.65. The number of halogens is 2. The van der Waals surface area contributed by atoms with E-state index in [2.05, 4.69) is 25.3 Å². The van der Waals surface area contributed by atoms with E-state index in [4.69, 9.17) is 23.2 Å². The zero-order valence-corrected chi connectivity index (χ0v) is 10.2. The van der Waals surface area contributed by atoms with Gasteiger partial charge in [-0.2, -0.15) is 0 Å². The maximum Gasteiger partial charge on any atom is 0.275 e. The van der Waals surface area contributed by atoms with Gasteiger partial charge in [-0.3, -0.25) is 9.59 Å². The maximum absolute atomic E-state index is 11.8. The summed E-state index contributed by atoms with van der Waals surface area (Å²) in [5.41, 5.74) is -0.324. The largest absolute Gasteiger partial charge is 0.325 e. The molecule has 92 valence electrons. The Bertz CT molecular complexity index is 617. The van der Waals surface area contributed by atoms with Crippen LogP contribution in [-0.4, -0.2) is 25.8 Å². The molecule has 0 saturated carbocycles. The topological polar surface area (TPSA) is 101 Å². The third-order valence-electron chi connectivity index (χ3n) is 1.90. The van der Waals surface area contributed by atoms with E-state index < -0.39 is 11.5 Å². The van der Waals surface area contributed by atoms with E-state index in [1.165, 1.54) is 12.5 Å². The molecule has 0 radical (unpaired) electrons. The van der Waals surface area contributed by atoms with Crippen LogP contribution < -0.4 is 10.9 Å². The number of aromatic nitrogens is 4. The van der Waals surface area contributed by atoms with Crippen molar-refractivity contribution < 1.29 is 4.79 Å². The van der Waals surface area contributed by atoms with E-state index in [0.29, 0.717) is 0 Å². The quantitative estimate of drug-likeness (QED) is 0.805. The van der Waals surface area contributed by atoms with Gasteiger partial charge in [-0.1, -0.05) is 23.2 Å². The highest BCUT2D eigenvalue weighted by Crippen LogP contribution is 2.25. The normalized spacial score (nSPS) is 10.1. The van der Waals surface area contributed by atoms with Crippen LogP contribution in [0.15, 0.2) is 23.5 Å². The second kappa shape index (κ2) is 5.11. The van der Waals surface area contributed by atoms with Crippen molar-refractivity contribution in [2.45, 2.75) is 0 Å². The molecule has 2 aromatic heterocycles. The fourth-order valence-electron chi connectivity index (χ4n) is 1.09. The first-order valence-corrected chi connectivity index (χ1v) is 5.35. The van der Waals surface area contributed by atoms with Crippen LogP contribution in [0.5, 0.6) is 0 Å². The summed E-state index contributed by atoms with van der Waals surface area (Å²) in [5.74, 6) is -0.593. The third-order valence-corrected chi connectivity index (χ3v) is 2.47. The second-order valence-electron chi connectivity index (χ2n) is 3.08. The van der Waals surface area contributed by atoms with Gasteiger partial charge in [0.2, 0.25) is 0 Å². The van der Waals surface area contributed by atoms with Crippen LogP contribution in [0.4, 0.5) is 5.69 Å². The van der Waals surface area contributed by atoms with Gasteiger partial charge in [0.05, 0.1) is 6.20 Å². The molecule has 18 heavy (non-hydrogen) atoms. The van der Waals surface area contributed by atoms with Gasteiger partial charge in [-0.05, 0) is 0 Å². The first-order valence-electron chi connectivity index (χ1n) is 4.60. The van der Waals surface area contributed by atoms with E-state index in [-0.39, 0.29) is 21.7 Å². The number of rotatable bonds is 2. The van der Waals surface area contributed by atoms with Crippen molar-refractivity contribution in [3.8, 4) is 0 Å². The van der Waals surface area contributed by atoms with Gasteiger partial charge in [-0.15, -0.1) is 0 Å². The fourth-order valence-corrected chi connectivity index (χ4v) is 1.50. The van der Waals surface area contributed by atoms with Crippen LogP contribution in [0.1, 0.15) is 10.5 Å². The lowest BCUT2D eigenvalue weighted by Gasteiger charge is -2.06. The number of carbonyl (C=O) groups excluding carboxylic acids is 1. The SMILES string of the molecule is O=C(Nc1c(Cl)ncnc1Cl)c1c[nH]c(=O)cn1. The molecule has 2 aromatic rings. The summed E-state index contributed by atoms with van der Waals surface area (Å²) in [5, 5.41) is 2.42. The van der Waals surface area contributed by atoms with Crippen LogP contribution in [0.25, 0.3) is 0 Å². The Balaban J connectivity index is 2.27. The van der Waals surface area contributed by atoms with Crippen LogP contribution in [0.2, 0.25) is 10.3 Å². The molecule has 2 heterocycles. The van der Waals surface area contributed by atoms with Crippen LogP contribution in [-0.2, 0) is 0 Å². The van der Waals surface area contributed by atoms with Crippen molar-refractivity contribution in [3.63, 3.8) is 0 Å². The highest BCUT2D eigenvalue weighted by molar-refractivity contribution is 6.38. The Hall–Kier alpha value is -1.99. The highest BCUT2D eigenvalue weighted by Gasteiger charge is 2.14. The lowest BCUT2D eigenvalue weighted by atomic mass is 10.4. The number of hydrogen-bond acceptors (Lipinski definition) is 5. The Morgan fingerprint density at radius 3 is 2.44 bits per heavy atom. The predicted molar refractivity (Wildman–Crippen MR) is 64.9 cm³/mol. The molecule has 0 aliphatic rings. The van der Waals surface area contributed by atoms with Gasteiger partial charge in [0.1, 0.15) is 17.7 Å². The Morgan fingerprint density at radius 2 is 1.89 bits per heavy atom. The molecule has 0 saturated heterocycles. The summed E-state index contributed by atoms with van der Waals surface area (Å²) in [7, 11) is 0. The standard InChI is InChI=1S/C9H5Cl2N5O2/c10-7-6(8(11)15-3-14-7)16-9(18)4-1-13-5(17)2-12-4/h1-3H,(H,13,17)(H,16,18). The molecule has 0 aromatic carbocycles. The first-order chi connectivity index (χ1) is 8.58. The molecule has 0 aliphatic carbocycles. The van der Waals surface area contributed by atoms with E-state index in [9.17, 15) is 9.59 Å². The molecule has 0 aliphatic heterocycles. The van der Waals surface area contributed by atoms with E-state index >= 15 is 0 Å². The number of H-pyrrole nitrogens is 1. The van der Waals surface area contributed by atoms with Crippen LogP contribution in [0.3, 0.4) is 0 Å². The zero-order chi connectivity index (χ0) is 13.1. The van der Waals surface area contributed by atoms with Crippen molar-refractivity contribution in [1.82, 2.24) is 19.9 Å². The molecule has 2 rings (SSSR count). The van der Waals surface area contributed by atoms with Crippen LogP contribution in [0, 0.1) is 0 Å². The average Bonchev–Trinajstić information content (AvgIpc) is 2.34. The summed E-state index contributed by atoms with van der Waals surface area (Å²) < 4.78 is 0. The van der Waals surface area contributed by atoms with Gasteiger partial charge in [0, 0.05) is 6.20 Å². The molecule has 0 atom stereocenters. The molecule has 0 unspecified atom stereocenters. The predicted octanol–water partition coefficient (Wildman–Crippen LogP) is 1.12. The molecule has 7 nitrogen and oxygen atoms in total. The minimum Gasteiger partial charge on any atom is -0.325 e. The molecule has 0 bridgehead atoms. The summed E-state index contributed by atoms with van der Waals surface area (Å²) in [6.07, 6.45) is 3.32. The lowest BCUT2D eigenvalue weighted by Crippen LogP contribution is -2.17. The van der Waals surface area contributed by atoms with Crippen molar-refractivity contribution >= 4 is 34.8 Å². The molecular weight excluding hydrogens is 281 g/mol. The molecule has 0 fully saturated rings. The van der Waals surface area contributed by atoms with Gasteiger partial charge >= 0.3 is 0 Å². The van der Waals surface area contributed by atoms with E-state index in [1.807, 2.05) is 0 Å². The molecule has 9 heteroatoms. The van der Waals surface area contributed by atoms with E-state index in [1.54, 1.807) is 0 Å². The smallest absolute Gasteiger partial charge is 0.275 e. The highest BCUT2D eigenvalue weighted by atomic mass is 35.5. The summed E-state index contributed by atoms with van der Waals surface area (Å²) in [6, 6.07) is 0. The number of carbonyl (C=O) groups is 1. The summed E-state index contributed by atoms with van der Waals surface area (Å²) in [6.45, 7) is 0. The Morgan fingerprint density at radius 1 is 1.22 bits per heavy atom. The maximum atomic E-state index is 11.8. The van der Waals surface area contributed by atoms with Gasteiger partial charge in [0.25, 0.3) is 11.5 Å². The third kappa shape index (κ3) is 2.63. The summed E-state index contributed by atoms with van der Waals surface area (Å²) in [4.78, 5) is 35.9. The Kier molecular flexibility index (Phi) is 3.54. The van der Waals surface area contributed by atoms with Gasteiger partial charge in [0.15, 0.2) is 10.3 Å². The molecular formula is C9H5Cl2N5O2. The molecule has 1 amide bonds. The monoisotopic (exact) mass is 285 g/mol. The van der Waals surface area contributed by atoms with E-state index in [0.717, 1.165) is 6.20 Å². The molecule has 0 spiro atoms. The number of anilines is 1. The van der Waals surface area contributed by atoms with Crippen molar-refractivity contribution in [2.75, 3.05) is 5.32 Å². The lowest BCUT2D eigenvalue weighted by molar-refractivity contribution is 0.102. The summed E-state index contributed by atoms with van der Waals surface area (Å²) >= 11 is 11.5. The number of hydrogen-bond donors (Lipinski definition) is 2. The van der Waals surface area contributed by atoms with Crippen molar-refractivity contribution in [2.24, 2.45) is 0 Å². The number of amides is 1. The number of nitrogens with zero attached hydrogens (tertiary/aromatic N) is 3. The molecule has 2 N–H and O–H groups in total.